The summed E-state index contributed by atoms with van der Waals surface area (Å²) in [6.45, 7) is 10.2. The van der Waals surface area contributed by atoms with Crippen molar-refractivity contribution in [2.24, 2.45) is 0 Å². The summed E-state index contributed by atoms with van der Waals surface area (Å²) in [6, 6.07) is 6.29. The third-order valence-electron chi connectivity index (χ3n) is 3.80. The van der Waals surface area contributed by atoms with Gasteiger partial charge in [-0.2, -0.15) is 0 Å². The lowest BCUT2D eigenvalue weighted by atomic mass is 9.86. The maximum absolute atomic E-state index is 11.8. The number of hydrogen-bond acceptors (Lipinski definition) is 3. The minimum Gasteiger partial charge on any atom is -0.454 e. The molecule has 0 saturated heterocycles. The summed E-state index contributed by atoms with van der Waals surface area (Å²) >= 11 is 0. The highest BCUT2D eigenvalue weighted by Gasteiger charge is 2.39. The highest BCUT2D eigenvalue weighted by Crippen LogP contribution is 2.46. The van der Waals surface area contributed by atoms with E-state index in [0.29, 0.717) is 12.2 Å². The summed E-state index contributed by atoms with van der Waals surface area (Å²) in [4.78, 5) is 11.8. The van der Waals surface area contributed by atoms with Gasteiger partial charge in [0.25, 0.3) is 0 Å². The fraction of sp³-hybridized carbons (Fsp3) is 0.471. The predicted molar refractivity (Wildman–Crippen MR) is 78.4 cm³/mol. The molecule has 0 heterocycles. The number of carbonyl (C=O) groups excluding carboxylic acids is 1. The molecule has 0 amide bonds. The lowest BCUT2D eigenvalue weighted by Gasteiger charge is -2.19. The van der Waals surface area contributed by atoms with Gasteiger partial charge in [-0.3, -0.25) is 0 Å². The Labute approximate surface area is 120 Å². The Morgan fingerprint density at radius 2 is 2.15 bits per heavy atom. The van der Waals surface area contributed by atoms with Crippen LogP contribution in [0.15, 0.2) is 30.4 Å². The maximum Gasteiger partial charge on any atom is 0.333 e. The summed E-state index contributed by atoms with van der Waals surface area (Å²) in [5.74, 6) is -0.323. The Bertz CT molecular complexity index is 543. The van der Waals surface area contributed by atoms with Crippen molar-refractivity contribution in [1.82, 2.24) is 0 Å². The fourth-order valence-electron chi connectivity index (χ4n) is 2.77. The van der Waals surface area contributed by atoms with Crippen molar-refractivity contribution in [2.45, 2.75) is 45.3 Å². The van der Waals surface area contributed by atoms with Crippen LogP contribution in [0, 0.1) is 0 Å². The molecule has 0 N–H and O–H groups in total. The summed E-state index contributed by atoms with van der Waals surface area (Å²) in [5.41, 5.74) is 3.89. The van der Waals surface area contributed by atoms with Gasteiger partial charge < -0.3 is 9.47 Å². The monoisotopic (exact) mass is 274 g/mol. The first-order valence-corrected chi connectivity index (χ1v) is 6.84. The number of benzene rings is 1. The van der Waals surface area contributed by atoms with Crippen molar-refractivity contribution >= 4 is 5.97 Å². The van der Waals surface area contributed by atoms with Crippen molar-refractivity contribution in [3.05, 3.63) is 47.0 Å². The Morgan fingerprint density at radius 1 is 1.45 bits per heavy atom. The van der Waals surface area contributed by atoms with Crippen molar-refractivity contribution in [3.8, 4) is 0 Å². The normalized spacial score (nSPS) is 19.5. The van der Waals surface area contributed by atoms with Gasteiger partial charge in [0.15, 0.2) is 0 Å². The third kappa shape index (κ3) is 2.78. The van der Waals surface area contributed by atoms with Gasteiger partial charge in [0, 0.05) is 12.7 Å². The summed E-state index contributed by atoms with van der Waals surface area (Å²) in [7, 11) is 1.68. The van der Waals surface area contributed by atoms with Crippen LogP contribution in [0.5, 0.6) is 0 Å². The van der Waals surface area contributed by atoms with Gasteiger partial charge in [-0.15, -0.1) is 0 Å². The zero-order chi connectivity index (χ0) is 14.9. The molecule has 0 aromatic heterocycles. The molecule has 108 valence electrons. The average Bonchev–Trinajstić information content (AvgIpc) is 2.61. The molecular formula is C17H22O3. The SMILES string of the molecule is C=C(C)C(=O)OC1CC(C)(C)c2ccc(COC)cc21. The molecule has 3 nitrogen and oxygen atoms in total. The zero-order valence-electron chi connectivity index (χ0n) is 12.7. The minimum absolute atomic E-state index is 0.0148. The van der Waals surface area contributed by atoms with E-state index >= 15 is 0 Å². The van der Waals surface area contributed by atoms with E-state index in [2.05, 4.69) is 38.6 Å². The van der Waals surface area contributed by atoms with Crippen LogP contribution in [0.4, 0.5) is 0 Å². The number of fused-ring (bicyclic) bond motifs is 1. The van der Waals surface area contributed by atoms with E-state index in [9.17, 15) is 4.79 Å². The predicted octanol–water partition coefficient (Wildman–Crippen LogP) is 3.67. The molecule has 0 fully saturated rings. The van der Waals surface area contributed by atoms with Crippen LogP contribution in [-0.4, -0.2) is 13.1 Å². The van der Waals surface area contributed by atoms with Gasteiger partial charge in [0.1, 0.15) is 6.10 Å². The molecule has 1 atom stereocenters. The number of carbonyl (C=O) groups is 1. The molecule has 1 unspecified atom stereocenters. The standard InChI is InChI=1S/C17H22O3/c1-11(2)16(18)20-15-9-17(3,4)14-7-6-12(10-19-5)8-13(14)15/h6-8,15H,1,9-10H2,2-5H3. The highest BCUT2D eigenvalue weighted by molar-refractivity contribution is 5.87. The van der Waals surface area contributed by atoms with Gasteiger partial charge in [-0.25, -0.2) is 4.79 Å². The molecular weight excluding hydrogens is 252 g/mol. The average molecular weight is 274 g/mol. The van der Waals surface area contributed by atoms with Crippen molar-refractivity contribution in [2.75, 3.05) is 7.11 Å². The van der Waals surface area contributed by atoms with E-state index in [1.165, 1.54) is 5.56 Å². The van der Waals surface area contributed by atoms with Crippen molar-refractivity contribution in [3.63, 3.8) is 0 Å². The van der Waals surface area contributed by atoms with E-state index in [1.54, 1.807) is 14.0 Å². The summed E-state index contributed by atoms with van der Waals surface area (Å²) < 4.78 is 10.8. The van der Waals surface area contributed by atoms with Gasteiger partial charge in [0.2, 0.25) is 0 Å². The quantitative estimate of drug-likeness (QED) is 0.620. The fourth-order valence-corrected chi connectivity index (χ4v) is 2.77. The largest absolute Gasteiger partial charge is 0.454 e. The van der Waals surface area contributed by atoms with Crippen LogP contribution in [0.2, 0.25) is 0 Å². The Morgan fingerprint density at radius 3 is 2.75 bits per heavy atom. The second-order valence-electron chi connectivity index (χ2n) is 6.12. The van der Waals surface area contributed by atoms with Crippen LogP contribution in [0.1, 0.15) is 50.0 Å². The van der Waals surface area contributed by atoms with E-state index in [1.807, 2.05) is 0 Å². The molecule has 1 aliphatic rings. The molecule has 0 radical (unpaired) electrons. The Hall–Kier alpha value is -1.61. The lowest BCUT2D eigenvalue weighted by molar-refractivity contribution is -0.144. The van der Waals surface area contributed by atoms with Crippen LogP contribution in [0.25, 0.3) is 0 Å². The molecule has 1 aromatic rings. The number of hydrogen-bond donors (Lipinski definition) is 0. The first-order valence-electron chi connectivity index (χ1n) is 6.84. The molecule has 1 aliphatic carbocycles. The van der Waals surface area contributed by atoms with E-state index in [4.69, 9.17) is 9.47 Å². The van der Waals surface area contributed by atoms with Gasteiger partial charge in [-0.1, -0.05) is 32.6 Å². The van der Waals surface area contributed by atoms with E-state index in [-0.39, 0.29) is 17.5 Å². The maximum atomic E-state index is 11.8. The van der Waals surface area contributed by atoms with Gasteiger partial charge in [-0.05, 0) is 41.5 Å². The third-order valence-corrected chi connectivity index (χ3v) is 3.80. The van der Waals surface area contributed by atoms with E-state index < -0.39 is 0 Å². The second kappa shape index (κ2) is 5.41. The molecule has 0 aliphatic heterocycles. The molecule has 1 aromatic carbocycles. The molecule has 0 spiro atoms. The lowest BCUT2D eigenvalue weighted by Crippen LogP contribution is -2.14. The number of methoxy groups -OCH3 is 1. The van der Waals surface area contributed by atoms with Crippen LogP contribution in [-0.2, 0) is 26.3 Å². The second-order valence-corrected chi connectivity index (χ2v) is 6.12. The number of ether oxygens (including phenoxy) is 2. The topological polar surface area (TPSA) is 35.5 Å². The zero-order valence-corrected chi connectivity index (χ0v) is 12.7. The summed E-state index contributed by atoms with van der Waals surface area (Å²) in [5, 5.41) is 0. The first kappa shape index (κ1) is 14.8. The Balaban J connectivity index is 2.33. The first-order chi connectivity index (χ1) is 9.35. The van der Waals surface area contributed by atoms with Gasteiger partial charge in [0.05, 0.1) is 6.61 Å². The molecule has 20 heavy (non-hydrogen) atoms. The molecule has 0 saturated carbocycles. The number of esters is 1. The Kier molecular flexibility index (Phi) is 4.00. The molecule has 3 heteroatoms. The molecule has 2 rings (SSSR count). The minimum atomic E-state index is -0.323. The van der Waals surface area contributed by atoms with E-state index in [0.717, 1.165) is 17.5 Å². The van der Waals surface area contributed by atoms with Crippen LogP contribution in [0.3, 0.4) is 0 Å². The van der Waals surface area contributed by atoms with Crippen molar-refractivity contribution < 1.29 is 14.3 Å². The number of rotatable bonds is 4. The summed E-state index contributed by atoms with van der Waals surface area (Å²) in [6.07, 6.45) is 0.610. The van der Waals surface area contributed by atoms with Crippen LogP contribution < -0.4 is 0 Å². The molecule has 0 bridgehead atoms. The highest BCUT2D eigenvalue weighted by atomic mass is 16.5. The van der Waals surface area contributed by atoms with Gasteiger partial charge >= 0.3 is 5.97 Å². The smallest absolute Gasteiger partial charge is 0.333 e. The van der Waals surface area contributed by atoms with Crippen LogP contribution >= 0.6 is 0 Å². The van der Waals surface area contributed by atoms with Crippen molar-refractivity contribution in [1.29, 1.82) is 0 Å².